The summed E-state index contributed by atoms with van der Waals surface area (Å²) in [4.78, 5) is 11.6. The summed E-state index contributed by atoms with van der Waals surface area (Å²) in [6, 6.07) is 10.3. The van der Waals surface area contributed by atoms with Crippen LogP contribution in [0.2, 0.25) is 0 Å². The zero-order chi connectivity index (χ0) is 19.9. The predicted octanol–water partition coefficient (Wildman–Crippen LogP) is 5.53. The summed E-state index contributed by atoms with van der Waals surface area (Å²) < 4.78 is 1.21. The van der Waals surface area contributed by atoms with Crippen LogP contribution in [0.25, 0.3) is 10.1 Å². The van der Waals surface area contributed by atoms with Gasteiger partial charge in [-0.25, -0.2) is 0 Å². The molecule has 1 aromatic carbocycles. The summed E-state index contributed by atoms with van der Waals surface area (Å²) in [6.07, 6.45) is 8.06. The molecule has 4 nitrogen and oxygen atoms in total. The second-order valence-corrected chi connectivity index (χ2v) is 9.31. The standard InChI is InChI=1S/C23H32O4S/c24-19-13-11-16(7-3-1-2-4-10-23(26)27)18(19)12-14-20(25)22-15-17-8-5-6-9-21(17)28-22/h5-6,8-9,15-16,18-20,24-25H,1-4,7,10-14H2,(H,26,27)/t16?,18-,19-,20?/m1/s1. The molecule has 0 bridgehead atoms. The Morgan fingerprint density at radius 2 is 1.89 bits per heavy atom. The molecule has 0 aliphatic heterocycles. The first-order valence-electron chi connectivity index (χ1n) is 10.6. The molecule has 1 aliphatic carbocycles. The molecule has 0 saturated heterocycles. The van der Waals surface area contributed by atoms with E-state index in [0.717, 1.165) is 56.2 Å². The molecule has 3 N–H and O–H groups in total. The molecule has 3 rings (SSSR count). The molecule has 1 aromatic heterocycles. The number of carboxylic acid groups (broad SMARTS) is 1. The van der Waals surface area contributed by atoms with E-state index in [-0.39, 0.29) is 18.4 Å². The second-order valence-electron chi connectivity index (χ2n) is 8.20. The molecule has 4 atom stereocenters. The highest BCUT2D eigenvalue weighted by Gasteiger charge is 2.34. The van der Waals surface area contributed by atoms with E-state index in [0.29, 0.717) is 12.3 Å². The van der Waals surface area contributed by atoms with E-state index in [2.05, 4.69) is 18.2 Å². The molecule has 1 heterocycles. The molecule has 0 spiro atoms. The fourth-order valence-corrected chi connectivity index (χ4v) is 5.69. The number of rotatable bonds is 11. The van der Waals surface area contributed by atoms with Gasteiger partial charge in [-0.2, -0.15) is 0 Å². The van der Waals surface area contributed by atoms with Crippen molar-refractivity contribution < 1.29 is 20.1 Å². The molecule has 28 heavy (non-hydrogen) atoms. The number of carbonyl (C=O) groups is 1. The maximum Gasteiger partial charge on any atom is 0.303 e. The first kappa shape index (κ1) is 21.3. The van der Waals surface area contributed by atoms with Crippen molar-refractivity contribution >= 4 is 27.4 Å². The molecule has 1 aliphatic rings. The lowest BCUT2D eigenvalue weighted by molar-refractivity contribution is -0.137. The van der Waals surface area contributed by atoms with Crippen molar-refractivity contribution in [1.29, 1.82) is 0 Å². The lowest BCUT2D eigenvalue weighted by atomic mass is 9.85. The van der Waals surface area contributed by atoms with Gasteiger partial charge in [0.25, 0.3) is 0 Å². The van der Waals surface area contributed by atoms with Gasteiger partial charge < -0.3 is 15.3 Å². The van der Waals surface area contributed by atoms with Gasteiger partial charge in [0.1, 0.15) is 0 Å². The van der Waals surface area contributed by atoms with E-state index < -0.39 is 12.1 Å². The smallest absolute Gasteiger partial charge is 0.303 e. The van der Waals surface area contributed by atoms with Crippen molar-refractivity contribution in [3.05, 3.63) is 35.2 Å². The summed E-state index contributed by atoms with van der Waals surface area (Å²) in [7, 11) is 0. The van der Waals surface area contributed by atoms with E-state index in [9.17, 15) is 15.0 Å². The molecule has 1 fully saturated rings. The number of hydrogen-bond donors (Lipinski definition) is 3. The highest BCUT2D eigenvalue weighted by atomic mass is 32.1. The summed E-state index contributed by atoms with van der Waals surface area (Å²) >= 11 is 1.66. The molecule has 1 saturated carbocycles. The van der Waals surface area contributed by atoms with Crippen LogP contribution >= 0.6 is 11.3 Å². The number of aliphatic hydroxyl groups excluding tert-OH is 2. The average Bonchev–Trinajstić information content (AvgIpc) is 3.26. The minimum absolute atomic E-state index is 0.244. The van der Waals surface area contributed by atoms with Gasteiger partial charge in [-0.15, -0.1) is 11.3 Å². The van der Waals surface area contributed by atoms with E-state index in [4.69, 9.17) is 5.11 Å². The second kappa shape index (κ2) is 10.4. The number of carboxylic acids is 1. The van der Waals surface area contributed by atoms with Crippen molar-refractivity contribution in [2.75, 3.05) is 0 Å². The van der Waals surface area contributed by atoms with Crippen molar-refractivity contribution in [3.63, 3.8) is 0 Å². The van der Waals surface area contributed by atoms with Crippen LogP contribution in [0.15, 0.2) is 30.3 Å². The number of benzene rings is 1. The van der Waals surface area contributed by atoms with Crippen LogP contribution in [0.4, 0.5) is 0 Å². The number of fused-ring (bicyclic) bond motifs is 1. The van der Waals surface area contributed by atoms with Crippen molar-refractivity contribution in [2.24, 2.45) is 11.8 Å². The Labute approximate surface area is 171 Å². The van der Waals surface area contributed by atoms with Crippen molar-refractivity contribution in [3.8, 4) is 0 Å². The summed E-state index contributed by atoms with van der Waals surface area (Å²) in [5.41, 5.74) is 0. The number of hydrogen-bond acceptors (Lipinski definition) is 4. The minimum atomic E-state index is -0.712. The van der Waals surface area contributed by atoms with Crippen LogP contribution in [0.3, 0.4) is 0 Å². The average molecular weight is 405 g/mol. The van der Waals surface area contributed by atoms with Gasteiger partial charge in [0.15, 0.2) is 0 Å². The van der Waals surface area contributed by atoms with Crippen LogP contribution in [0.5, 0.6) is 0 Å². The Morgan fingerprint density at radius 3 is 2.68 bits per heavy atom. The van der Waals surface area contributed by atoms with Gasteiger partial charge in [0.2, 0.25) is 0 Å². The number of thiophene rings is 1. The summed E-state index contributed by atoms with van der Waals surface area (Å²) in [6.45, 7) is 0. The SMILES string of the molecule is O=C(O)CCCCCCC1CC[C@@H](O)[C@@H]1CCC(O)c1cc2ccccc2s1. The van der Waals surface area contributed by atoms with Gasteiger partial charge in [0.05, 0.1) is 12.2 Å². The maximum absolute atomic E-state index is 10.7. The summed E-state index contributed by atoms with van der Waals surface area (Å²) in [5, 5.41) is 30.9. The van der Waals surface area contributed by atoms with Crippen molar-refractivity contribution in [1.82, 2.24) is 0 Å². The Bertz CT molecular complexity index is 723. The molecule has 5 heteroatoms. The monoisotopic (exact) mass is 404 g/mol. The topological polar surface area (TPSA) is 77.8 Å². The highest BCUT2D eigenvalue weighted by Crippen LogP contribution is 2.40. The fraction of sp³-hybridized carbons (Fsp3) is 0.609. The highest BCUT2D eigenvalue weighted by molar-refractivity contribution is 7.19. The lowest BCUT2D eigenvalue weighted by Crippen LogP contribution is -2.20. The molecule has 0 radical (unpaired) electrons. The molecule has 2 aromatic rings. The summed E-state index contributed by atoms with van der Waals surface area (Å²) in [5.74, 6) is 0.100. The van der Waals surface area contributed by atoms with Gasteiger partial charge in [-0.05, 0) is 61.5 Å². The fourth-order valence-electron chi connectivity index (χ4n) is 4.61. The van der Waals surface area contributed by atoms with E-state index in [1.165, 1.54) is 10.1 Å². The van der Waals surface area contributed by atoms with Gasteiger partial charge in [-0.3, -0.25) is 4.79 Å². The molecular weight excluding hydrogens is 372 g/mol. The van der Waals surface area contributed by atoms with Crippen LogP contribution in [-0.2, 0) is 4.79 Å². The Morgan fingerprint density at radius 1 is 1.11 bits per heavy atom. The van der Waals surface area contributed by atoms with Crippen LogP contribution in [0, 0.1) is 11.8 Å². The third-order valence-corrected chi connectivity index (χ3v) is 7.41. The Balaban J connectivity index is 1.44. The van der Waals surface area contributed by atoms with Crippen LogP contribution < -0.4 is 0 Å². The molecular formula is C23H32O4S. The first-order chi connectivity index (χ1) is 13.5. The normalized spacial score (nSPS) is 23.3. The quantitative estimate of drug-likeness (QED) is 0.431. The zero-order valence-electron chi connectivity index (χ0n) is 16.4. The molecule has 154 valence electrons. The van der Waals surface area contributed by atoms with E-state index in [1.807, 2.05) is 12.1 Å². The largest absolute Gasteiger partial charge is 0.481 e. The van der Waals surface area contributed by atoms with Gasteiger partial charge in [-0.1, -0.05) is 43.9 Å². The molecule has 2 unspecified atom stereocenters. The molecule has 0 amide bonds. The van der Waals surface area contributed by atoms with Gasteiger partial charge in [0, 0.05) is 16.0 Å². The van der Waals surface area contributed by atoms with Gasteiger partial charge >= 0.3 is 5.97 Å². The minimum Gasteiger partial charge on any atom is -0.481 e. The van der Waals surface area contributed by atoms with Crippen LogP contribution in [-0.4, -0.2) is 27.4 Å². The third kappa shape index (κ3) is 5.79. The Hall–Kier alpha value is -1.43. The Kier molecular flexibility index (Phi) is 7.89. The lowest BCUT2D eigenvalue weighted by Gasteiger charge is -2.23. The number of aliphatic hydroxyl groups is 2. The zero-order valence-corrected chi connectivity index (χ0v) is 17.2. The maximum atomic E-state index is 10.7. The van der Waals surface area contributed by atoms with E-state index >= 15 is 0 Å². The number of aliphatic carboxylic acids is 1. The third-order valence-electron chi connectivity index (χ3n) is 6.19. The predicted molar refractivity (Wildman–Crippen MR) is 114 cm³/mol. The van der Waals surface area contributed by atoms with Crippen molar-refractivity contribution in [2.45, 2.75) is 76.4 Å². The van der Waals surface area contributed by atoms with E-state index in [1.54, 1.807) is 11.3 Å². The first-order valence-corrected chi connectivity index (χ1v) is 11.4. The van der Waals surface area contributed by atoms with Crippen LogP contribution in [0.1, 0.15) is 75.2 Å². The number of unbranched alkanes of at least 4 members (excludes halogenated alkanes) is 3.